The molecule has 2 aromatic heterocycles. The number of fused-ring (bicyclic) bond motifs is 2. The summed E-state index contributed by atoms with van der Waals surface area (Å²) in [6.07, 6.45) is 3.06. The van der Waals surface area contributed by atoms with E-state index < -0.39 is 0 Å². The van der Waals surface area contributed by atoms with Crippen LogP contribution in [-0.2, 0) is 0 Å². The lowest BCUT2D eigenvalue weighted by Gasteiger charge is -2.23. The zero-order valence-electron chi connectivity index (χ0n) is 15.9. The average molecular weight is 451 g/mol. The minimum atomic E-state index is 0.391. The number of halogens is 3. The van der Waals surface area contributed by atoms with Crippen molar-refractivity contribution in [2.75, 3.05) is 32.2 Å². The zero-order chi connectivity index (χ0) is 20.3. The van der Waals surface area contributed by atoms with Gasteiger partial charge in [-0.05, 0) is 30.4 Å². The van der Waals surface area contributed by atoms with E-state index >= 15 is 0 Å². The molecule has 0 N–H and O–H groups in total. The average Bonchev–Trinajstić information content (AvgIpc) is 3.33. The maximum atomic E-state index is 6.64. The number of hydrogen-bond acceptors (Lipinski definition) is 5. The molecule has 150 valence electrons. The van der Waals surface area contributed by atoms with Crippen LogP contribution in [0.15, 0.2) is 24.4 Å². The van der Waals surface area contributed by atoms with Gasteiger partial charge < -0.3 is 14.4 Å². The molecule has 3 heterocycles. The highest BCUT2D eigenvalue weighted by atomic mass is 35.5. The number of ether oxygens (including phenoxy) is 2. The number of aromatic nitrogens is 2. The van der Waals surface area contributed by atoms with Gasteiger partial charge in [-0.25, -0.2) is 9.97 Å². The Hall–Kier alpha value is -1.95. The number of benzene rings is 1. The van der Waals surface area contributed by atoms with Crippen LogP contribution in [0, 0.1) is 11.8 Å². The standard InChI is InChI=1S/C21H18Cl3N3O2/c1-28-15-6-16(29-2)20(24)18(19(15)23)14-4-10-7-25-17(22)5-13(10)21(26-14)27-8-11-3-12(11)9-27/h4-7,11-12H,3,8-9H2,1-2H3. The van der Waals surface area contributed by atoms with Gasteiger partial charge in [-0.3, -0.25) is 0 Å². The van der Waals surface area contributed by atoms with Gasteiger partial charge in [0.1, 0.15) is 22.5 Å². The van der Waals surface area contributed by atoms with Crippen LogP contribution in [-0.4, -0.2) is 37.3 Å². The van der Waals surface area contributed by atoms with Gasteiger partial charge >= 0.3 is 0 Å². The van der Waals surface area contributed by atoms with Crippen molar-refractivity contribution in [1.82, 2.24) is 9.97 Å². The predicted molar refractivity (Wildman–Crippen MR) is 117 cm³/mol. The van der Waals surface area contributed by atoms with Crippen LogP contribution in [0.5, 0.6) is 11.5 Å². The highest BCUT2D eigenvalue weighted by Crippen LogP contribution is 2.49. The first kappa shape index (κ1) is 19.0. The van der Waals surface area contributed by atoms with Gasteiger partial charge in [0.2, 0.25) is 0 Å². The molecule has 2 atom stereocenters. The molecule has 0 bridgehead atoms. The van der Waals surface area contributed by atoms with Gasteiger partial charge in [-0.15, -0.1) is 0 Å². The molecule has 8 heteroatoms. The Morgan fingerprint density at radius 1 is 0.966 bits per heavy atom. The van der Waals surface area contributed by atoms with E-state index in [1.807, 2.05) is 12.1 Å². The van der Waals surface area contributed by atoms with Crippen molar-refractivity contribution in [2.45, 2.75) is 6.42 Å². The third kappa shape index (κ3) is 3.16. The summed E-state index contributed by atoms with van der Waals surface area (Å²) in [6, 6.07) is 5.46. The fourth-order valence-corrected chi connectivity index (χ4v) is 5.01. The molecule has 1 aliphatic carbocycles. The lowest BCUT2D eigenvalue weighted by atomic mass is 10.1. The van der Waals surface area contributed by atoms with Crippen molar-refractivity contribution >= 4 is 51.4 Å². The topological polar surface area (TPSA) is 47.5 Å². The molecule has 2 unspecified atom stereocenters. The molecule has 3 aromatic rings. The summed E-state index contributed by atoms with van der Waals surface area (Å²) in [7, 11) is 3.11. The van der Waals surface area contributed by atoms with Gasteiger partial charge in [0, 0.05) is 41.7 Å². The van der Waals surface area contributed by atoms with Crippen LogP contribution in [0.2, 0.25) is 15.2 Å². The van der Waals surface area contributed by atoms with Crippen molar-refractivity contribution in [3.05, 3.63) is 39.6 Å². The Kier molecular flexibility index (Phi) is 4.65. The highest BCUT2D eigenvalue weighted by Gasteiger charge is 2.45. The lowest BCUT2D eigenvalue weighted by Crippen LogP contribution is -2.23. The number of pyridine rings is 2. The largest absolute Gasteiger partial charge is 0.495 e. The molecule has 1 aromatic carbocycles. The first-order valence-corrected chi connectivity index (χ1v) is 10.4. The molecule has 0 radical (unpaired) electrons. The van der Waals surface area contributed by atoms with E-state index in [9.17, 15) is 0 Å². The number of nitrogens with zero attached hydrogens (tertiary/aromatic N) is 3. The fourth-order valence-electron chi connectivity index (χ4n) is 4.15. The summed E-state index contributed by atoms with van der Waals surface area (Å²) < 4.78 is 10.8. The number of piperidine rings is 1. The van der Waals surface area contributed by atoms with Crippen molar-refractivity contribution in [3.63, 3.8) is 0 Å². The molecule has 29 heavy (non-hydrogen) atoms. The molecule has 5 nitrogen and oxygen atoms in total. The minimum absolute atomic E-state index is 0.391. The van der Waals surface area contributed by atoms with Crippen LogP contribution in [0.25, 0.3) is 22.0 Å². The second kappa shape index (κ2) is 7.08. The van der Waals surface area contributed by atoms with Gasteiger partial charge in [0.25, 0.3) is 0 Å². The molecule has 0 spiro atoms. The summed E-state index contributed by atoms with van der Waals surface area (Å²) in [6.45, 7) is 2.00. The zero-order valence-corrected chi connectivity index (χ0v) is 18.1. The molecule has 1 saturated carbocycles. The van der Waals surface area contributed by atoms with Gasteiger partial charge in [0.15, 0.2) is 0 Å². The van der Waals surface area contributed by atoms with E-state index in [0.717, 1.165) is 41.5 Å². The van der Waals surface area contributed by atoms with E-state index in [0.29, 0.717) is 38.0 Å². The monoisotopic (exact) mass is 449 g/mol. The molecule has 5 rings (SSSR count). The van der Waals surface area contributed by atoms with Crippen LogP contribution < -0.4 is 14.4 Å². The Morgan fingerprint density at radius 2 is 1.62 bits per heavy atom. The number of methoxy groups -OCH3 is 2. The second-order valence-corrected chi connectivity index (χ2v) is 8.65. The van der Waals surface area contributed by atoms with Crippen molar-refractivity contribution < 1.29 is 9.47 Å². The van der Waals surface area contributed by atoms with E-state index in [-0.39, 0.29) is 0 Å². The summed E-state index contributed by atoms with van der Waals surface area (Å²) in [5.41, 5.74) is 1.22. The SMILES string of the molecule is COc1cc(OC)c(Cl)c(-c2cc3cnc(Cl)cc3c(N3CC4CC4C3)n2)c1Cl. The van der Waals surface area contributed by atoms with Gasteiger partial charge in [0.05, 0.1) is 30.0 Å². The van der Waals surface area contributed by atoms with Crippen LogP contribution in [0.3, 0.4) is 0 Å². The first-order chi connectivity index (χ1) is 14.0. The number of anilines is 1. The Labute approximate surface area is 183 Å². The van der Waals surface area contributed by atoms with Crippen molar-refractivity contribution in [2.24, 2.45) is 11.8 Å². The van der Waals surface area contributed by atoms with Gasteiger partial charge in [-0.2, -0.15) is 0 Å². The molecule has 2 fully saturated rings. The van der Waals surface area contributed by atoms with Gasteiger partial charge in [-0.1, -0.05) is 34.8 Å². The third-order valence-corrected chi connectivity index (χ3v) is 6.73. The molecule has 2 aliphatic rings. The van der Waals surface area contributed by atoms with Crippen molar-refractivity contribution in [1.29, 1.82) is 0 Å². The number of rotatable bonds is 4. The normalized spacial score (nSPS) is 20.1. The second-order valence-electron chi connectivity index (χ2n) is 7.50. The molecule has 1 saturated heterocycles. The molecular weight excluding hydrogens is 433 g/mol. The molecule has 0 amide bonds. The molecule has 1 aliphatic heterocycles. The highest BCUT2D eigenvalue weighted by molar-refractivity contribution is 6.41. The summed E-state index contributed by atoms with van der Waals surface area (Å²) in [4.78, 5) is 11.6. The summed E-state index contributed by atoms with van der Waals surface area (Å²) in [5.74, 6) is 3.35. The maximum absolute atomic E-state index is 6.64. The minimum Gasteiger partial charge on any atom is -0.495 e. The Morgan fingerprint density at radius 3 is 2.24 bits per heavy atom. The lowest BCUT2D eigenvalue weighted by molar-refractivity contribution is 0.395. The van der Waals surface area contributed by atoms with Crippen LogP contribution in [0.4, 0.5) is 5.82 Å². The van der Waals surface area contributed by atoms with E-state index in [4.69, 9.17) is 49.3 Å². The summed E-state index contributed by atoms with van der Waals surface area (Å²) in [5, 5.41) is 3.11. The smallest absolute Gasteiger partial charge is 0.141 e. The summed E-state index contributed by atoms with van der Waals surface area (Å²) >= 11 is 19.5. The van der Waals surface area contributed by atoms with E-state index in [2.05, 4.69) is 9.88 Å². The quantitative estimate of drug-likeness (QED) is 0.475. The maximum Gasteiger partial charge on any atom is 0.141 e. The molecular formula is C21H18Cl3N3O2. The number of hydrogen-bond donors (Lipinski definition) is 0. The third-order valence-electron chi connectivity index (χ3n) is 5.77. The van der Waals surface area contributed by atoms with E-state index in [1.165, 1.54) is 6.42 Å². The first-order valence-electron chi connectivity index (χ1n) is 9.31. The predicted octanol–water partition coefficient (Wildman–Crippen LogP) is 5.73. The Bertz CT molecular complexity index is 1100. The van der Waals surface area contributed by atoms with Crippen LogP contribution >= 0.6 is 34.8 Å². The fraction of sp³-hybridized carbons (Fsp3) is 0.333. The van der Waals surface area contributed by atoms with Crippen molar-refractivity contribution in [3.8, 4) is 22.8 Å². The van der Waals surface area contributed by atoms with E-state index in [1.54, 1.807) is 26.5 Å². The van der Waals surface area contributed by atoms with Crippen LogP contribution in [0.1, 0.15) is 6.42 Å². The Balaban J connectivity index is 1.75.